The monoisotopic (exact) mass is 328 g/mol. The first-order chi connectivity index (χ1) is 11.2. The second-order valence-electron chi connectivity index (χ2n) is 7.65. The largest absolute Gasteiger partial charge is 0.444 e. The molecule has 2 rings (SSSR count). The molecular weight excluding hydrogens is 300 g/mol. The minimum Gasteiger partial charge on any atom is -0.444 e. The van der Waals surface area contributed by atoms with Crippen molar-refractivity contribution in [2.75, 3.05) is 0 Å². The number of benzene rings is 1. The first-order valence-corrected chi connectivity index (χ1v) is 8.42. The first kappa shape index (κ1) is 18.2. The summed E-state index contributed by atoms with van der Waals surface area (Å²) in [4.78, 5) is 16.4. The van der Waals surface area contributed by atoms with E-state index >= 15 is 0 Å². The van der Waals surface area contributed by atoms with Gasteiger partial charge in [-0.25, -0.2) is 4.98 Å². The molecule has 0 aliphatic rings. The summed E-state index contributed by atoms with van der Waals surface area (Å²) in [5.41, 5.74) is 3.74. The van der Waals surface area contributed by atoms with Gasteiger partial charge in [0.1, 0.15) is 5.82 Å². The van der Waals surface area contributed by atoms with Crippen LogP contribution in [0.5, 0.6) is 0 Å². The topological polar surface area (TPSA) is 44.1 Å². The van der Waals surface area contributed by atoms with Crippen LogP contribution < -0.4 is 0 Å². The minimum absolute atomic E-state index is 0.0686. The Morgan fingerprint density at radius 2 is 2.00 bits per heavy atom. The van der Waals surface area contributed by atoms with Gasteiger partial charge < -0.3 is 9.30 Å². The van der Waals surface area contributed by atoms with E-state index in [9.17, 15) is 4.79 Å². The summed E-state index contributed by atoms with van der Waals surface area (Å²) < 4.78 is 7.34. The van der Waals surface area contributed by atoms with Gasteiger partial charge in [0.05, 0.1) is 6.42 Å². The molecule has 1 aromatic heterocycles. The van der Waals surface area contributed by atoms with Crippen LogP contribution in [-0.2, 0) is 16.3 Å². The van der Waals surface area contributed by atoms with Gasteiger partial charge in [-0.1, -0.05) is 45.9 Å². The molecule has 0 saturated heterocycles. The molecule has 0 saturated carbocycles. The number of esters is 1. The zero-order valence-electron chi connectivity index (χ0n) is 15.6. The summed E-state index contributed by atoms with van der Waals surface area (Å²) in [7, 11) is 0. The molecule has 0 bridgehead atoms. The second kappa shape index (κ2) is 7.20. The normalized spacial score (nSPS) is 12.9. The fourth-order valence-corrected chi connectivity index (χ4v) is 2.82. The lowest BCUT2D eigenvalue weighted by atomic mass is 9.92. The predicted molar refractivity (Wildman–Crippen MR) is 95.8 cm³/mol. The smallest absolute Gasteiger partial charge is 0.308 e. The summed E-state index contributed by atoms with van der Waals surface area (Å²) in [6, 6.07) is 6.33. The fraction of sp³-hybridized carbons (Fsp3) is 0.500. The summed E-state index contributed by atoms with van der Waals surface area (Å²) in [5, 5.41) is 0. The van der Waals surface area contributed by atoms with Crippen LogP contribution in [0.4, 0.5) is 0 Å². The number of hydrogen-bond donors (Lipinski definition) is 0. The molecule has 1 atom stereocenters. The Bertz CT molecular complexity index is 711. The molecule has 0 spiro atoms. The average molecular weight is 328 g/mol. The van der Waals surface area contributed by atoms with Crippen molar-refractivity contribution in [3.05, 3.63) is 53.1 Å². The van der Waals surface area contributed by atoms with Crippen molar-refractivity contribution >= 4 is 5.97 Å². The van der Waals surface area contributed by atoms with Crippen LogP contribution in [0, 0.1) is 19.3 Å². The molecule has 0 fully saturated rings. The third-order valence-electron chi connectivity index (χ3n) is 4.29. The molecule has 4 nitrogen and oxygen atoms in total. The molecule has 0 N–H and O–H groups in total. The van der Waals surface area contributed by atoms with Gasteiger partial charge in [-0.15, -0.1) is 0 Å². The highest BCUT2D eigenvalue weighted by Gasteiger charge is 2.19. The van der Waals surface area contributed by atoms with E-state index in [0.29, 0.717) is 6.42 Å². The molecule has 0 aliphatic heterocycles. The number of nitrogens with zero attached hydrogens (tertiary/aromatic N) is 2. The summed E-state index contributed by atoms with van der Waals surface area (Å²) in [6.45, 7) is 12.7. The standard InChI is InChI=1S/C20H28N2O2/c1-14-8-7-9-17(15(14)2)16(3)19-21-10-11-22(19)13-24-18(23)12-20(4,5)6/h7-11,16H,12-13H2,1-6H3. The number of hydrogen-bond acceptors (Lipinski definition) is 3. The molecule has 0 aliphatic carbocycles. The van der Waals surface area contributed by atoms with E-state index in [4.69, 9.17) is 4.74 Å². The van der Waals surface area contributed by atoms with E-state index < -0.39 is 0 Å². The summed E-state index contributed by atoms with van der Waals surface area (Å²) in [6.07, 6.45) is 4.03. The third kappa shape index (κ3) is 4.47. The van der Waals surface area contributed by atoms with Crippen molar-refractivity contribution in [1.29, 1.82) is 0 Å². The molecule has 1 aromatic carbocycles. The number of aryl methyl sites for hydroxylation is 1. The first-order valence-electron chi connectivity index (χ1n) is 8.42. The summed E-state index contributed by atoms with van der Waals surface area (Å²) in [5.74, 6) is 0.870. The van der Waals surface area contributed by atoms with Crippen LogP contribution in [0.2, 0.25) is 0 Å². The van der Waals surface area contributed by atoms with Crippen LogP contribution in [0.25, 0.3) is 0 Å². The van der Waals surface area contributed by atoms with Crippen molar-refractivity contribution in [2.45, 2.75) is 60.6 Å². The maximum Gasteiger partial charge on any atom is 0.308 e. The minimum atomic E-state index is -0.179. The van der Waals surface area contributed by atoms with Crippen molar-refractivity contribution in [3.8, 4) is 0 Å². The predicted octanol–water partition coefficient (Wildman–Crippen LogP) is 4.59. The van der Waals surface area contributed by atoms with Crippen molar-refractivity contribution in [2.24, 2.45) is 5.41 Å². The molecular formula is C20H28N2O2. The van der Waals surface area contributed by atoms with Gasteiger partial charge in [-0.2, -0.15) is 0 Å². The van der Waals surface area contributed by atoms with Gasteiger partial charge >= 0.3 is 5.97 Å². The molecule has 24 heavy (non-hydrogen) atoms. The van der Waals surface area contributed by atoms with Crippen LogP contribution in [0.15, 0.2) is 30.6 Å². The highest BCUT2D eigenvalue weighted by atomic mass is 16.5. The molecule has 1 heterocycles. The second-order valence-corrected chi connectivity index (χ2v) is 7.65. The van der Waals surface area contributed by atoms with Crippen molar-refractivity contribution in [3.63, 3.8) is 0 Å². The van der Waals surface area contributed by atoms with E-state index in [2.05, 4.69) is 44.0 Å². The lowest BCUT2D eigenvalue weighted by Crippen LogP contribution is -2.18. The third-order valence-corrected chi connectivity index (χ3v) is 4.29. The SMILES string of the molecule is Cc1cccc(C(C)c2nccn2COC(=O)CC(C)(C)C)c1C. The lowest BCUT2D eigenvalue weighted by molar-refractivity contribution is -0.149. The number of aromatic nitrogens is 2. The van der Waals surface area contributed by atoms with Gasteiger partial charge in [-0.3, -0.25) is 4.79 Å². The van der Waals surface area contributed by atoms with Crippen LogP contribution in [0.1, 0.15) is 62.5 Å². The quantitative estimate of drug-likeness (QED) is 0.754. The van der Waals surface area contributed by atoms with E-state index in [-0.39, 0.29) is 24.0 Å². The highest BCUT2D eigenvalue weighted by molar-refractivity contribution is 5.69. The van der Waals surface area contributed by atoms with Gasteiger partial charge in [0, 0.05) is 18.3 Å². The van der Waals surface area contributed by atoms with E-state index in [1.807, 2.05) is 31.5 Å². The Labute approximate surface area is 144 Å². The Kier molecular flexibility index (Phi) is 5.47. The Morgan fingerprint density at radius 1 is 1.29 bits per heavy atom. The van der Waals surface area contributed by atoms with Crippen molar-refractivity contribution in [1.82, 2.24) is 9.55 Å². The molecule has 130 valence electrons. The van der Waals surface area contributed by atoms with Gasteiger partial charge in [0.2, 0.25) is 0 Å². The zero-order chi connectivity index (χ0) is 17.9. The van der Waals surface area contributed by atoms with Gasteiger partial charge in [0.25, 0.3) is 0 Å². The average Bonchev–Trinajstić information content (AvgIpc) is 2.94. The Morgan fingerprint density at radius 3 is 2.67 bits per heavy atom. The maximum absolute atomic E-state index is 11.9. The van der Waals surface area contributed by atoms with Gasteiger partial charge in [0.15, 0.2) is 6.73 Å². The number of imidazole rings is 1. The molecule has 0 radical (unpaired) electrons. The molecule has 2 aromatic rings. The number of carbonyl (C=O) groups is 1. The molecule has 4 heteroatoms. The van der Waals surface area contributed by atoms with E-state index in [1.54, 1.807) is 6.20 Å². The number of carbonyl (C=O) groups excluding carboxylic acids is 1. The number of ether oxygens (including phenoxy) is 1. The van der Waals surface area contributed by atoms with Crippen molar-refractivity contribution < 1.29 is 9.53 Å². The zero-order valence-corrected chi connectivity index (χ0v) is 15.6. The highest BCUT2D eigenvalue weighted by Crippen LogP contribution is 2.27. The van der Waals surface area contributed by atoms with E-state index in [1.165, 1.54) is 16.7 Å². The van der Waals surface area contributed by atoms with Gasteiger partial charge in [-0.05, 0) is 36.0 Å². The van der Waals surface area contributed by atoms with Crippen LogP contribution >= 0.6 is 0 Å². The fourth-order valence-electron chi connectivity index (χ4n) is 2.82. The molecule has 0 amide bonds. The van der Waals surface area contributed by atoms with Crippen LogP contribution in [-0.4, -0.2) is 15.5 Å². The van der Waals surface area contributed by atoms with Crippen LogP contribution in [0.3, 0.4) is 0 Å². The molecule has 1 unspecified atom stereocenters. The lowest BCUT2D eigenvalue weighted by Gasteiger charge is -2.19. The van der Waals surface area contributed by atoms with E-state index in [0.717, 1.165) is 5.82 Å². The Balaban J connectivity index is 2.12. The Hall–Kier alpha value is -2.10. The summed E-state index contributed by atoms with van der Waals surface area (Å²) >= 11 is 0. The maximum atomic E-state index is 11.9. The number of rotatable bonds is 5.